The number of nitrogens with one attached hydrogen (secondary N) is 2. The van der Waals surface area contributed by atoms with Crippen LogP contribution in [0.25, 0.3) is 0 Å². The lowest BCUT2D eigenvalue weighted by Gasteiger charge is -2.30. The Kier molecular flexibility index (Phi) is 8.95. The third kappa shape index (κ3) is 6.56. The van der Waals surface area contributed by atoms with Gasteiger partial charge < -0.3 is 14.7 Å². The summed E-state index contributed by atoms with van der Waals surface area (Å²) in [6.07, 6.45) is 3.42. The number of rotatable bonds is 10. The number of carbonyl (C=O) groups is 3. The van der Waals surface area contributed by atoms with Gasteiger partial charge in [-0.25, -0.2) is 9.65 Å². The Labute approximate surface area is 169 Å². The highest BCUT2D eigenvalue weighted by Crippen LogP contribution is 2.35. The molecule has 9 nitrogen and oxygen atoms in total. The van der Waals surface area contributed by atoms with E-state index < -0.39 is 13.0 Å². The standard InChI is InChI=1S/C17H30N3O6PS/c1-3-18-16(22)13-6-4-12(5-7-13)11-20-15(21)10-14(17(20)23)28-9-8-19-27(24,25)26-2/h12-14H,3-11H2,1-2H3,(H,18,22)(H2,19,24,25). The minimum absolute atomic E-state index is 0.0339. The van der Waals surface area contributed by atoms with Gasteiger partial charge in [0.25, 0.3) is 0 Å². The maximum Gasteiger partial charge on any atom is 0.402 e. The summed E-state index contributed by atoms with van der Waals surface area (Å²) in [5, 5.41) is 4.79. The van der Waals surface area contributed by atoms with Gasteiger partial charge in [0.2, 0.25) is 17.7 Å². The fourth-order valence-corrected chi connectivity index (χ4v) is 5.32. The number of hydrogen-bond acceptors (Lipinski definition) is 6. The molecular formula is C17H30N3O6PS. The van der Waals surface area contributed by atoms with Crippen molar-refractivity contribution in [3.05, 3.63) is 0 Å². The van der Waals surface area contributed by atoms with E-state index in [2.05, 4.69) is 14.9 Å². The van der Waals surface area contributed by atoms with Crippen LogP contribution in [0.1, 0.15) is 39.0 Å². The highest BCUT2D eigenvalue weighted by Gasteiger charge is 2.40. The second-order valence-corrected chi connectivity index (χ2v) is 10.2. The minimum Gasteiger partial charge on any atom is -0.356 e. The average molecular weight is 435 g/mol. The molecule has 1 aliphatic carbocycles. The van der Waals surface area contributed by atoms with Crippen molar-refractivity contribution < 1.29 is 28.4 Å². The van der Waals surface area contributed by atoms with Gasteiger partial charge in [-0.3, -0.25) is 19.3 Å². The van der Waals surface area contributed by atoms with E-state index in [1.165, 1.54) is 16.7 Å². The van der Waals surface area contributed by atoms with E-state index in [0.717, 1.165) is 32.8 Å². The van der Waals surface area contributed by atoms with Crippen LogP contribution >= 0.6 is 19.5 Å². The number of amides is 3. The molecule has 1 aliphatic heterocycles. The van der Waals surface area contributed by atoms with Crippen LogP contribution in [0, 0.1) is 11.8 Å². The summed E-state index contributed by atoms with van der Waals surface area (Å²) in [4.78, 5) is 47.4. The van der Waals surface area contributed by atoms with E-state index in [0.29, 0.717) is 18.8 Å². The molecule has 3 N–H and O–H groups in total. The van der Waals surface area contributed by atoms with E-state index >= 15 is 0 Å². The summed E-state index contributed by atoms with van der Waals surface area (Å²) in [5.74, 6) is 0.451. The van der Waals surface area contributed by atoms with Crippen molar-refractivity contribution >= 4 is 37.2 Å². The Balaban J connectivity index is 1.75. The monoisotopic (exact) mass is 435 g/mol. The molecule has 0 aromatic heterocycles. The first kappa shape index (κ1) is 23.3. The van der Waals surface area contributed by atoms with Gasteiger partial charge in [0.05, 0.1) is 5.25 Å². The van der Waals surface area contributed by atoms with E-state index in [1.54, 1.807) is 0 Å². The first-order valence-electron chi connectivity index (χ1n) is 9.64. The van der Waals surface area contributed by atoms with Gasteiger partial charge >= 0.3 is 7.75 Å². The second kappa shape index (κ2) is 10.7. The Morgan fingerprint density at radius 3 is 2.61 bits per heavy atom. The number of likely N-dealkylation sites (tertiary alicyclic amines) is 1. The van der Waals surface area contributed by atoms with Crippen LogP contribution in [0.15, 0.2) is 0 Å². The topological polar surface area (TPSA) is 125 Å². The minimum atomic E-state index is -3.77. The fraction of sp³-hybridized carbons (Fsp3) is 0.824. The van der Waals surface area contributed by atoms with Crippen molar-refractivity contribution in [3.63, 3.8) is 0 Å². The highest BCUT2D eigenvalue weighted by molar-refractivity contribution is 8.00. The summed E-state index contributed by atoms with van der Waals surface area (Å²) >= 11 is 1.31. The summed E-state index contributed by atoms with van der Waals surface area (Å²) in [5.41, 5.74) is 0. The summed E-state index contributed by atoms with van der Waals surface area (Å²) in [6.45, 7) is 3.16. The van der Waals surface area contributed by atoms with Crippen LogP contribution in [-0.2, 0) is 23.5 Å². The van der Waals surface area contributed by atoms with E-state index in [9.17, 15) is 23.8 Å². The van der Waals surface area contributed by atoms with Gasteiger partial charge in [0, 0.05) is 44.8 Å². The zero-order chi connectivity index (χ0) is 20.7. The van der Waals surface area contributed by atoms with Crippen LogP contribution in [-0.4, -0.2) is 65.3 Å². The largest absolute Gasteiger partial charge is 0.402 e. The molecule has 0 aromatic rings. The van der Waals surface area contributed by atoms with E-state index in [-0.39, 0.29) is 42.5 Å². The molecule has 2 rings (SSSR count). The van der Waals surface area contributed by atoms with Crippen LogP contribution in [0.5, 0.6) is 0 Å². The first-order valence-corrected chi connectivity index (χ1v) is 12.3. The molecule has 0 spiro atoms. The lowest BCUT2D eigenvalue weighted by molar-refractivity contribution is -0.139. The Bertz CT molecular complexity index is 626. The Hall–Kier alpha value is -0.930. The van der Waals surface area contributed by atoms with Gasteiger partial charge in [-0.05, 0) is 38.5 Å². The number of thioether (sulfide) groups is 1. The molecule has 3 amide bonds. The molecule has 0 bridgehead atoms. The number of hydrogen-bond donors (Lipinski definition) is 3. The smallest absolute Gasteiger partial charge is 0.356 e. The molecule has 2 atom stereocenters. The maximum atomic E-state index is 12.6. The molecule has 2 aliphatic rings. The lowest BCUT2D eigenvalue weighted by Crippen LogP contribution is -2.38. The highest BCUT2D eigenvalue weighted by atomic mass is 32.2. The van der Waals surface area contributed by atoms with Crippen molar-refractivity contribution in [2.75, 3.05) is 32.5 Å². The second-order valence-electron chi connectivity index (χ2n) is 7.13. The quantitative estimate of drug-likeness (QED) is 0.265. The number of nitrogens with zero attached hydrogens (tertiary/aromatic N) is 1. The lowest BCUT2D eigenvalue weighted by atomic mass is 9.81. The third-order valence-corrected chi connectivity index (χ3v) is 7.52. The fourth-order valence-electron chi connectivity index (χ4n) is 3.61. The molecule has 0 radical (unpaired) electrons. The number of carbonyl (C=O) groups excluding carboxylic acids is 3. The molecule has 1 heterocycles. The van der Waals surface area contributed by atoms with Crippen LogP contribution in [0.3, 0.4) is 0 Å². The molecule has 28 heavy (non-hydrogen) atoms. The van der Waals surface area contributed by atoms with E-state index in [1.807, 2.05) is 6.92 Å². The molecule has 2 fully saturated rings. The Morgan fingerprint density at radius 1 is 1.32 bits per heavy atom. The summed E-state index contributed by atoms with van der Waals surface area (Å²) < 4.78 is 15.8. The summed E-state index contributed by atoms with van der Waals surface area (Å²) in [7, 11) is -2.63. The number of imide groups is 1. The molecular weight excluding hydrogens is 405 g/mol. The van der Waals surface area contributed by atoms with Gasteiger partial charge in [0.1, 0.15) is 0 Å². The van der Waals surface area contributed by atoms with Crippen molar-refractivity contribution in [2.45, 2.75) is 44.3 Å². The summed E-state index contributed by atoms with van der Waals surface area (Å²) in [6, 6.07) is 0. The van der Waals surface area contributed by atoms with Crippen molar-refractivity contribution in [2.24, 2.45) is 11.8 Å². The normalized spacial score (nSPS) is 27.7. The molecule has 1 saturated heterocycles. The van der Waals surface area contributed by atoms with E-state index in [4.69, 9.17) is 0 Å². The SMILES string of the molecule is CCNC(=O)C1CCC(CN2C(=O)CC(SCCNP(=O)(O)OC)C2=O)CC1. The molecule has 160 valence electrons. The van der Waals surface area contributed by atoms with Crippen LogP contribution < -0.4 is 10.4 Å². The third-order valence-electron chi connectivity index (χ3n) is 5.19. The zero-order valence-electron chi connectivity index (χ0n) is 16.4. The predicted octanol–water partition coefficient (Wildman–Crippen LogP) is 1.13. The first-order chi connectivity index (χ1) is 13.3. The molecule has 1 saturated carbocycles. The van der Waals surface area contributed by atoms with Gasteiger partial charge in [0.15, 0.2) is 0 Å². The van der Waals surface area contributed by atoms with Gasteiger partial charge in [-0.1, -0.05) is 0 Å². The van der Waals surface area contributed by atoms with Crippen molar-refractivity contribution in [1.82, 2.24) is 15.3 Å². The predicted molar refractivity (Wildman–Crippen MR) is 107 cm³/mol. The molecule has 11 heteroatoms. The van der Waals surface area contributed by atoms with Crippen molar-refractivity contribution in [3.8, 4) is 0 Å². The van der Waals surface area contributed by atoms with Gasteiger partial charge in [-0.2, -0.15) is 0 Å². The zero-order valence-corrected chi connectivity index (χ0v) is 18.1. The van der Waals surface area contributed by atoms with Crippen LogP contribution in [0.2, 0.25) is 0 Å². The van der Waals surface area contributed by atoms with Crippen LogP contribution in [0.4, 0.5) is 0 Å². The van der Waals surface area contributed by atoms with Gasteiger partial charge in [-0.15, -0.1) is 11.8 Å². The Morgan fingerprint density at radius 2 is 2.00 bits per heavy atom. The maximum absolute atomic E-state index is 12.6. The molecule has 0 aromatic carbocycles. The van der Waals surface area contributed by atoms with Crippen molar-refractivity contribution in [1.29, 1.82) is 0 Å². The molecule has 2 unspecified atom stereocenters. The average Bonchev–Trinajstić information content (AvgIpc) is 2.93.